The van der Waals surface area contributed by atoms with Crippen LogP contribution in [0, 0.1) is 0 Å². The largest absolute Gasteiger partial charge is 0.435 e. The number of anilines is 1. The van der Waals surface area contributed by atoms with Gasteiger partial charge in [0.1, 0.15) is 5.75 Å². The molecule has 0 atom stereocenters. The zero-order valence-corrected chi connectivity index (χ0v) is 12.7. The van der Waals surface area contributed by atoms with Crippen LogP contribution in [0.25, 0.3) is 0 Å². The molecule has 24 heavy (non-hydrogen) atoms. The predicted octanol–water partition coefficient (Wildman–Crippen LogP) is 3.05. The molecule has 0 aromatic heterocycles. The first-order chi connectivity index (χ1) is 11.5. The van der Waals surface area contributed by atoms with Gasteiger partial charge in [-0.1, -0.05) is 18.2 Å². The van der Waals surface area contributed by atoms with E-state index in [0.717, 1.165) is 0 Å². The zero-order chi connectivity index (χ0) is 17.4. The highest BCUT2D eigenvalue weighted by Crippen LogP contribution is 2.17. The third-order valence-electron chi connectivity index (χ3n) is 3.04. The molecule has 2 rings (SSSR count). The molecule has 0 aliphatic carbocycles. The fourth-order valence-electron chi connectivity index (χ4n) is 1.92. The molecule has 2 amide bonds. The van der Waals surface area contributed by atoms with Gasteiger partial charge in [0.05, 0.1) is 0 Å². The summed E-state index contributed by atoms with van der Waals surface area (Å²) in [6.07, 6.45) is 0.0911. The minimum Gasteiger partial charge on any atom is -0.435 e. The first-order valence-electron chi connectivity index (χ1n) is 7.22. The molecule has 5 nitrogen and oxygen atoms in total. The molecular formula is C17H16F2N2O3. The fraction of sp³-hybridized carbons (Fsp3) is 0.176. The molecule has 2 N–H and O–H groups in total. The number of carbonyl (C=O) groups is 2. The Bertz CT molecular complexity index is 676. The molecule has 0 saturated carbocycles. The lowest BCUT2D eigenvalue weighted by molar-refractivity contribution is -0.116. The number of alkyl halides is 2. The van der Waals surface area contributed by atoms with Crippen molar-refractivity contribution in [3.8, 4) is 5.75 Å². The normalized spacial score (nSPS) is 10.3. The molecule has 0 saturated heterocycles. The molecule has 0 aliphatic rings. The minimum absolute atomic E-state index is 0.0122. The van der Waals surface area contributed by atoms with E-state index in [4.69, 9.17) is 0 Å². The van der Waals surface area contributed by atoms with E-state index in [1.54, 1.807) is 24.3 Å². The van der Waals surface area contributed by atoms with Gasteiger partial charge >= 0.3 is 6.61 Å². The van der Waals surface area contributed by atoms with Gasteiger partial charge in [0.15, 0.2) is 0 Å². The second kappa shape index (κ2) is 8.61. The van der Waals surface area contributed by atoms with E-state index >= 15 is 0 Å². The molecule has 0 fully saturated rings. The summed E-state index contributed by atoms with van der Waals surface area (Å²) >= 11 is 0. The number of amides is 2. The van der Waals surface area contributed by atoms with Crippen LogP contribution in [0.4, 0.5) is 14.5 Å². The number of hydrogen-bond acceptors (Lipinski definition) is 3. The highest BCUT2D eigenvalue weighted by molar-refractivity contribution is 5.95. The standard InChI is InChI=1S/C17H16F2N2O3/c18-17(19)24-14-8-6-13(7-9-14)21-15(22)10-11-20-16(23)12-4-2-1-3-5-12/h1-9,17H,10-11H2,(H,20,23)(H,21,22). The summed E-state index contributed by atoms with van der Waals surface area (Å²) in [5.41, 5.74) is 0.975. The van der Waals surface area contributed by atoms with E-state index in [0.29, 0.717) is 11.3 Å². The number of rotatable bonds is 7. The second-order valence-electron chi connectivity index (χ2n) is 4.82. The molecule has 0 heterocycles. The van der Waals surface area contributed by atoms with Crippen molar-refractivity contribution in [3.63, 3.8) is 0 Å². The van der Waals surface area contributed by atoms with Crippen LogP contribution in [0.1, 0.15) is 16.8 Å². The number of carbonyl (C=O) groups excluding carboxylic acids is 2. The summed E-state index contributed by atoms with van der Waals surface area (Å²) in [5, 5.41) is 5.25. The summed E-state index contributed by atoms with van der Waals surface area (Å²) in [6.45, 7) is -2.70. The Labute approximate surface area is 137 Å². The molecule has 0 radical (unpaired) electrons. The fourth-order valence-corrected chi connectivity index (χ4v) is 1.92. The van der Waals surface area contributed by atoms with Gasteiger partial charge in [-0.15, -0.1) is 0 Å². The lowest BCUT2D eigenvalue weighted by atomic mass is 10.2. The van der Waals surface area contributed by atoms with Crippen LogP contribution in [0.3, 0.4) is 0 Å². The van der Waals surface area contributed by atoms with Crippen LogP contribution in [0.2, 0.25) is 0 Å². The van der Waals surface area contributed by atoms with Crippen LogP contribution in [-0.2, 0) is 4.79 Å². The van der Waals surface area contributed by atoms with Crippen molar-refractivity contribution in [1.82, 2.24) is 5.32 Å². The minimum atomic E-state index is -2.89. The molecule has 0 spiro atoms. The Morgan fingerprint density at radius 1 is 1.00 bits per heavy atom. The van der Waals surface area contributed by atoms with E-state index in [9.17, 15) is 18.4 Å². The van der Waals surface area contributed by atoms with Crippen molar-refractivity contribution in [2.24, 2.45) is 0 Å². The smallest absolute Gasteiger partial charge is 0.387 e. The van der Waals surface area contributed by atoms with Crippen molar-refractivity contribution in [2.75, 3.05) is 11.9 Å². The van der Waals surface area contributed by atoms with Gasteiger partial charge in [0.25, 0.3) is 5.91 Å². The molecule has 2 aromatic carbocycles. The summed E-state index contributed by atoms with van der Waals surface area (Å²) in [5.74, 6) is -0.541. The van der Waals surface area contributed by atoms with E-state index in [1.807, 2.05) is 6.07 Å². The SMILES string of the molecule is O=C(CCNC(=O)c1ccccc1)Nc1ccc(OC(F)F)cc1. The maximum absolute atomic E-state index is 12.0. The summed E-state index contributed by atoms with van der Waals surface area (Å²) in [6, 6.07) is 14.2. The average Bonchev–Trinajstić information content (AvgIpc) is 2.57. The number of nitrogens with one attached hydrogen (secondary N) is 2. The van der Waals surface area contributed by atoms with Crippen LogP contribution >= 0.6 is 0 Å². The van der Waals surface area contributed by atoms with Crippen molar-refractivity contribution in [1.29, 1.82) is 0 Å². The van der Waals surface area contributed by atoms with Gasteiger partial charge in [-0.2, -0.15) is 8.78 Å². The third kappa shape index (κ3) is 5.68. The summed E-state index contributed by atoms with van der Waals surface area (Å²) in [4.78, 5) is 23.6. The Balaban J connectivity index is 1.74. The van der Waals surface area contributed by atoms with Gasteiger partial charge in [0.2, 0.25) is 5.91 Å². The van der Waals surface area contributed by atoms with Gasteiger partial charge in [0, 0.05) is 24.2 Å². The molecule has 2 aromatic rings. The lowest BCUT2D eigenvalue weighted by Gasteiger charge is -2.08. The number of halogens is 2. The second-order valence-corrected chi connectivity index (χ2v) is 4.82. The molecule has 0 unspecified atom stereocenters. The van der Waals surface area contributed by atoms with Gasteiger partial charge < -0.3 is 15.4 Å². The predicted molar refractivity (Wildman–Crippen MR) is 85.1 cm³/mol. The topological polar surface area (TPSA) is 67.4 Å². The summed E-state index contributed by atoms with van der Waals surface area (Å²) in [7, 11) is 0. The molecular weight excluding hydrogens is 318 g/mol. The van der Waals surface area contributed by atoms with Crippen molar-refractivity contribution >= 4 is 17.5 Å². The zero-order valence-electron chi connectivity index (χ0n) is 12.7. The monoisotopic (exact) mass is 334 g/mol. The van der Waals surface area contributed by atoms with Crippen LogP contribution in [0.15, 0.2) is 54.6 Å². The quantitative estimate of drug-likeness (QED) is 0.818. The molecule has 0 aliphatic heterocycles. The average molecular weight is 334 g/mol. The first-order valence-corrected chi connectivity index (χ1v) is 7.22. The van der Waals surface area contributed by atoms with Crippen molar-refractivity contribution in [3.05, 3.63) is 60.2 Å². The highest BCUT2D eigenvalue weighted by atomic mass is 19.3. The van der Waals surface area contributed by atoms with Crippen LogP contribution < -0.4 is 15.4 Å². The Hall–Kier alpha value is -2.96. The molecule has 7 heteroatoms. The lowest BCUT2D eigenvalue weighted by Crippen LogP contribution is -2.27. The van der Waals surface area contributed by atoms with E-state index < -0.39 is 6.61 Å². The van der Waals surface area contributed by atoms with E-state index in [-0.39, 0.29) is 30.5 Å². The van der Waals surface area contributed by atoms with Gasteiger partial charge in [-0.3, -0.25) is 9.59 Å². The Morgan fingerprint density at radius 2 is 1.67 bits per heavy atom. The summed E-state index contributed by atoms with van der Waals surface area (Å²) < 4.78 is 28.3. The van der Waals surface area contributed by atoms with Crippen molar-refractivity contribution in [2.45, 2.75) is 13.0 Å². The third-order valence-corrected chi connectivity index (χ3v) is 3.04. The number of benzene rings is 2. The Kier molecular flexibility index (Phi) is 6.24. The van der Waals surface area contributed by atoms with Crippen LogP contribution in [0.5, 0.6) is 5.75 Å². The first kappa shape index (κ1) is 17.4. The maximum Gasteiger partial charge on any atom is 0.387 e. The van der Waals surface area contributed by atoms with Gasteiger partial charge in [-0.05, 0) is 36.4 Å². The molecule has 0 bridgehead atoms. The van der Waals surface area contributed by atoms with Crippen molar-refractivity contribution < 1.29 is 23.1 Å². The van der Waals surface area contributed by atoms with E-state index in [2.05, 4.69) is 15.4 Å². The maximum atomic E-state index is 12.0. The molecule has 126 valence electrons. The highest BCUT2D eigenvalue weighted by Gasteiger charge is 2.07. The Morgan fingerprint density at radius 3 is 2.29 bits per heavy atom. The van der Waals surface area contributed by atoms with Crippen LogP contribution in [-0.4, -0.2) is 25.0 Å². The number of hydrogen-bond donors (Lipinski definition) is 2. The number of ether oxygens (including phenoxy) is 1. The van der Waals surface area contributed by atoms with Gasteiger partial charge in [-0.25, -0.2) is 0 Å². The van der Waals surface area contributed by atoms with E-state index in [1.165, 1.54) is 24.3 Å².